The molecule has 16 heteroatoms. The fraction of sp³-hybridized carbons (Fsp3) is 0.524. The first-order valence-corrected chi connectivity index (χ1v) is 10.5. The molecule has 1 fully saturated rings. The highest BCUT2D eigenvalue weighted by Crippen LogP contribution is 2.18. The highest BCUT2D eigenvalue weighted by atomic mass is 19.4. The Morgan fingerprint density at radius 3 is 1.95 bits per heavy atom. The van der Waals surface area contributed by atoms with E-state index < -0.39 is 24.3 Å². The van der Waals surface area contributed by atoms with Gasteiger partial charge in [-0.3, -0.25) is 9.59 Å². The normalized spacial score (nSPS) is 15.7. The number of carboxylic acids is 2. The molecule has 1 saturated heterocycles. The summed E-state index contributed by atoms with van der Waals surface area (Å²) in [6.45, 7) is 2.94. The molecular weight excluding hydrogens is 518 g/mol. The molecule has 0 saturated carbocycles. The van der Waals surface area contributed by atoms with Crippen molar-refractivity contribution in [3.63, 3.8) is 0 Å². The van der Waals surface area contributed by atoms with E-state index in [0.717, 1.165) is 31.6 Å². The number of alkyl halides is 6. The number of primary amides is 1. The van der Waals surface area contributed by atoms with Gasteiger partial charge in [-0.1, -0.05) is 12.1 Å². The minimum Gasteiger partial charge on any atom is -0.475 e. The third-order valence-electron chi connectivity index (χ3n) is 4.74. The summed E-state index contributed by atoms with van der Waals surface area (Å²) in [5.74, 6) is -5.87. The Bertz CT molecular complexity index is 900. The maximum absolute atomic E-state index is 12.4. The average Bonchev–Trinajstić information content (AvgIpc) is 2.78. The van der Waals surface area contributed by atoms with Gasteiger partial charge in [0, 0.05) is 39.4 Å². The molecular formula is C21H28F6N4O6. The highest BCUT2D eigenvalue weighted by Gasteiger charge is 2.38. The zero-order valence-electron chi connectivity index (χ0n) is 19.9. The molecule has 0 bridgehead atoms. The number of benzene rings is 1. The number of hydrogen-bond acceptors (Lipinski definition) is 6. The van der Waals surface area contributed by atoms with Crippen LogP contribution in [0, 0.1) is 5.92 Å². The van der Waals surface area contributed by atoms with Crippen molar-refractivity contribution in [1.82, 2.24) is 10.2 Å². The molecule has 0 radical (unpaired) electrons. The lowest BCUT2D eigenvalue weighted by molar-refractivity contribution is -0.193. The molecule has 2 rings (SSSR count). The van der Waals surface area contributed by atoms with Crippen LogP contribution in [0.15, 0.2) is 24.3 Å². The van der Waals surface area contributed by atoms with Crippen molar-refractivity contribution in [2.75, 3.05) is 45.2 Å². The van der Waals surface area contributed by atoms with Crippen molar-refractivity contribution < 1.29 is 55.7 Å². The number of hydrogen-bond donors (Lipinski definition) is 4. The van der Waals surface area contributed by atoms with E-state index in [-0.39, 0.29) is 17.7 Å². The van der Waals surface area contributed by atoms with Crippen LogP contribution in [0.3, 0.4) is 0 Å². The molecule has 1 heterocycles. The average molecular weight is 546 g/mol. The summed E-state index contributed by atoms with van der Waals surface area (Å²) in [6.07, 6.45) is -8.32. The van der Waals surface area contributed by atoms with Crippen molar-refractivity contribution >= 4 is 29.4 Å². The van der Waals surface area contributed by atoms with Crippen LogP contribution in [0.4, 0.5) is 32.0 Å². The van der Waals surface area contributed by atoms with Gasteiger partial charge in [0.05, 0.1) is 11.5 Å². The van der Waals surface area contributed by atoms with Gasteiger partial charge in [-0.2, -0.15) is 26.3 Å². The second kappa shape index (κ2) is 14.9. The van der Waals surface area contributed by atoms with Gasteiger partial charge in [-0.25, -0.2) is 9.59 Å². The van der Waals surface area contributed by atoms with Gasteiger partial charge in [-0.15, -0.1) is 0 Å². The van der Waals surface area contributed by atoms with E-state index in [9.17, 15) is 35.9 Å². The summed E-state index contributed by atoms with van der Waals surface area (Å²) in [5.41, 5.74) is 6.96. The second-order valence-corrected chi connectivity index (χ2v) is 7.82. The second-order valence-electron chi connectivity index (χ2n) is 7.82. The van der Waals surface area contributed by atoms with Gasteiger partial charge in [-0.05, 0) is 31.5 Å². The molecule has 5 N–H and O–H groups in total. The minimum atomic E-state index is -5.08. The van der Waals surface area contributed by atoms with Crippen molar-refractivity contribution in [2.24, 2.45) is 11.7 Å². The first kappa shape index (κ1) is 33.4. The number of nitrogens with one attached hydrogen (secondary N) is 1. The van der Waals surface area contributed by atoms with E-state index in [1.165, 1.54) is 0 Å². The zero-order chi connectivity index (χ0) is 29.0. The van der Waals surface area contributed by atoms with Crippen LogP contribution < -0.4 is 16.0 Å². The van der Waals surface area contributed by atoms with E-state index in [1.807, 2.05) is 43.3 Å². The smallest absolute Gasteiger partial charge is 0.475 e. The van der Waals surface area contributed by atoms with Gasteiger partial charge < -0.3 is 31.1 Å². The van der Waals surface area contributed by atoms with Gasteiger partial charge in [0.2, 0.25) is 5.91 Å². The highest BCUT2D eigenvalue weighted by molar-refractivity contribution is 5.99. The van der Waals surface area contributed by atoms with E-state index in [2.05, 4.69) is 10.2 Å². The molecule has 0 spiro atoms. The maximum atomic E-state index is 12.4. The van der Waals surface area contributed by atoms with Crippen LogP contribution in [0.1, 0.15) is 23.2 Å². The number of carbonyl (C=O) groups excluding carboxylic acids is 2. The monoisotopic (exact) mass is 546 g/mol. The van der Waals surface area contributed by atoms with Crippen LogP contribution in [0.2, 0.25) is 0 Å². The summed E-state index contributed by atoms with van der Waals surface area (Å²) in [7, 11) is 3.84. The van der Waals surface area contributed by atoms with Gasteiger partial charge >= 0.3 is 24.3 Å². The third kappa shape index (κ3) is 13.4. The standard InChI is InChI=1S/C17H26N4O2.2C2HF3O2/c1-20(2)15-8-4-3-7-14(15)17(23)19-9-11-21-10-5-6-13(12-21)16(18)22;2*3-2(4,5)1(6)7/h3-4,7-8,13H,5-6,9-12H2,1-2H3,(H2,18,22)(H,19,23);2*(H,6,7). The number of nitrogens with two attached hydrogens (primary N) is 1. The molecule has 1 aromatic carbocycles. The molecule has 0 aliphatic carbocycles. The third-order valence-corrected chi connectivity index (χ3v) is 4.74. The van der Waals surface area contributed by atoms with Crippen LogP contribution >= 0.6 is 0 Å². The van der Waals surface area contributed by atoms with Crippen molar-refractivity contribution in [2.45, 2.75) is 25.2 Å². The van der Waals surface area contributed by atoms with Crippen molar-refractivity contribution in [1.29, 1.82) is 0 Å². The first-order valence-electron chi connectivity index (χ1n) is 10.5. The number of piperidine rings is 1. The number of carboxylic acid groups (broad SMARTS) is 2. The minimum absolute atomic E-state index is 0.0612. The molecule has 0 aromatic heterocycles. The number of amides is 2. The molecule has 10 nitrogen and oxygen atoms in total. The summed E-state index contributed by atoms with van der Waals surface area (Å²) >= 11 is 0. The van der Waals surface area contributed by atoms with Gasteiger partial charge in [0.1, 0.15) is 0 Å². The largest absolute Gasteiger partial charge is 0.490 e. The van der Waals surface area contributed by atoms with E-state index >= 15 is 0 Å². The summed E-state index contributed by atoms with van der Waals surface area (Å²) in [6, 6.07) is 7.54. The van der Waals surface area contributed by atoms with E-state index in [0.29, 0.717) is 18.7 Å². The Hall–Kier alpha value is -3.56. The Kier molecular flexibility index (Phi) is 13.4. The molecule has 2 amide bonds. The molecule has 1 unspecified atom stereocenters. The summed E-state index contributed by atoms with van der Waals surface area (Å²) in [4.78, 5) is 45.6. The molecule has 210 valence electrons. The maximum Gasteiger partial charge on any atom is 0.490 e. The quantitative estimate of drug-likeness (QED) is 0.395. The lowest BCUT2D eigenvalue weighted by atomic mass is 9.97. The predicted molar refractivity (Wildman–Crippen MR) is 119 cm³/mol. The van der Waals surface area contributed by atoms with Gasteiger partial charge in [0.25, 0.3) is 5.91 Å². The fourth-order valence-electron chi connectivity index (χ4n) is 2.97. The summed E-state index contributed by atoms with van der Waals surface area (Å²) in [5, 5.41) is 17.2. The number of carbonyl (C=O) groups is 4. The summed E-state index contributed by atoms with van der Waals surface area (Å²) < 4.78 is 63.5. The SMILES string of the molecule is CN(C)c1ccccc1C(=O)NCCN1CCCC(C(N)=O)C1.O=C(O)C(F)(F)F.O=C(O)C(F)(F)F. The Balaban J connectivity index is 0.000000761. The van der Waals surface area contributed by atoms with E-state index in [1.54, 1.807) is 0 Å². The van der Waals surface area contributed by atoms with Crippen LogP contribution in [0.25, 0.3) is 0 Å². The number of aliphatic carboxylic acids is 2. The lowest BCUT2D eigenvalue weighted by Gasteiger charge is -2.31. The number of nitrogens with zero attached hydrogens (tertiary/aromatic N) is 2. The first-order chi connectivity index (χ1) is 16.9. The fourth-order valence-corrected chi connectivity index (χ4v) is 2.97. The van der Waals surface area contributed by atoms with Crippen LogP contribution in [0.5, 0.6) is 0 Å². The number of halogens is 6. The lowest BCUT2D eigenvalue weighted by Crippen LogP contribution is -2.44. The van der Waals surface area contributed by atoms with Crippen LogP contribution in [-0.2, 0) is 14.4 Å². The molecule has 1 aromatic rings. The topological polar surface area (TPSA) is 153 Å². The number of para-hydroxylation sites is 1. The number of rotatable bonds is 6. The number of anilines is 1. The molecule has 1 aliphatic heterocycles. The van der Waals surface area contributed by atoms with Crippen molar-refractivity contribution in [3.8, 4) is 0 Å². The number of likely N-dealkylation sites (tertiary alicyclic amines) is 1. The van der Waals surface area contributed by atoms with E-state index in [4.69, 9.17) is 25.5 Å². The molecule has 37 heavy (non-hydrogen) atoms. The van der Waals surface area contributed by atoms with Crippen LogP contribution in [-0.4, -0.2) is 91.5 Å². The Morgan fingerprint density at radius 2 is 1.51 bits per heavy atom. The Labute approximate surface area is 208 Å². The Morgan fingerprint density at radius 1 is 1.03 bits per heavy atom. The molecule has 1 atom stereocenters. The van der Waals surface area contributed by atoms with Crippen molar-refractivity contribution in [3.05, 3.63) is 29.8 Å². The predicted octanol–water partition coefficient (Wildman–Crippen LogP) is 1.95. The zero-order valence-corrected chi connectivity index (χ0v) is 19.9. The van der Waals surface area contributed by atoms with Gasteiger partial charge in [0.15, 0.2) is 0 Å². The molecule has 1 aliphatic rings.